The van der Waals surface area contributed by atoms with Gasteiger partial charge in [0, 0.05) is 25.4 Å². The van der Waals surface area contributed by atoms with Crippen LogP contribution in [0.3, 0.4) is 0 Å². The molecule has 7 heteroatoms. The van der Waals surface area contributed by atoms with E-state index in [1.54, 1.807) is 6.92 Å². The number of carbonyl (C=O) groups excluding carboxylic acids is 4. The molecule has 1 heterocycles. The number of hydrogen-bond donors (Lipinski definition) is 3. The Morgan fingerprint density at radius 1 is 1.26 bits per heavy atom. The van der Waals surface area contributed by atoms with Crippen molar-refractivity contribution in [3.8, 4) is 0 Å². The summed E-state index contributed by atoms with van der Waals surface area (Å²) in [6.45, 7) is 4.66. The fourth-order valence-electron chi connectivity index (χ4n) is 2.59. The number of hydrogen-bond acceptors (Lipinski definition) is 4. The Morgan fingerprint density at radius 3 is 2.57 bits per heavy atom. The number of nitrogens with one attached hydrogen (secondary N) is 3. The lowest BCUT2D eigenvalue weighted by molar-refractivity contribution is -0.140. The molecule has 1 fully saturated rings. The first-order valence-corrected chi connectivity index (χ1v) is 8.38. The normalized spacial score (nSPS) is 18.2. The zero-order valence-electron chi connectivity index (χ0n) is 13.9. The zero-order chi connectivity index (χ0) is 17.2. The standard InChI is InChI=1S/C16H27N3O4/c1-3-5-6-7-13(20)19-12(14(21)16(23)17-4-2)10-11-8-9-18-15(11)22/h11-12H,3-10H2,1-2H3,(H,17,23)(H,18,22)(H,19,20)/t11-,12-/m0/s1. The molecule has 23 heavy (non-hydrogen) atoms. The molecule has 0 aromatic carbocycles. The number of Topliss-reactive ketones (excluding diaryl/α,β-unsaturated/α-hetero) is 1. The molecule has 0 bridgehead atoms. The van der Waals surface area contributed by atoms with E-state index in [9.17, 15) is 19.2 Å². The highest BCUT2D eigenvalue weighted by Crippen LogP contribution is 2.17. The van der Waals surface area contributed by atoms with Gasteiger partial charge in [-0.15, -0.1) is 0 Å². The minimum Gasteiger partial charge on any atom is -0.356 e. The van der Waals surface area contributed by atoms with E-state index < -0.39 is 17.7 Å². The number of unbranched alkanes of at least 4 members (excludes halogenated alkanes) is 2. The summed E-state index contributed by atoms with van der Waals surface area (Å²) < 4.78 is 0. The fourth-order valence-corrected chi connectivity index (χ4v) is 2.59. The lowest BCUT2D eigenvalue weighted by Crippen LogP contribution is -2.48. The van der Waals surface area contributed by atoms with Crippen LogP contribution in [0.5, 0.6) is 0 Å². The molecule has 1 rings (SSSR count). The number of ketones is 1. The van der Waals surface area contributed by atoms with Crippen molar-refractivity contribution >= 4 is 23.5 Å². The van der Waals surface area contributed by atoms with Crippen LogP contribution in [-0.2, 0) is 19.2 Å². The van der Waals surface area contributed by atoms with Gasteiger partial charge in [0.15, 0.2) is 0 Å². The van der Waals surface area contributed by atoms with Crippen LogP contribution in [0.4, 0.5) is 0 Å². The van der Waals surface area contributed by atoms with Crippen molar-refractivity contribution in [3.05, 3.63) is 0 Å². The van der Waals surface area contributed by atoms with Gasteiger partial charge >= 0.3 is 0 Å². The summed E-state index contributed by atoms with van der Waals surface area (Å²) in [7, 11) is 0. The molecular formula is C16H27N3O4. The van der Waals surface area contributed by atoms with E-state index >= 15 is 0 Å². The Morgan fingerprint density at radius 2 is 2.00 bits per heavy atom. The third-order valence-corrected chi connectivity index (χ3v) is 3.90. The van der Waals surface area contributed by atoms with E-state index in [2.05, 4.69) is 16.0 Å². The van der Waals surface area contributed by atoms with Crippen LogP contribution < -0.4 is 16.0 Å². The molecule has 7 nitrogen and oxygen atoms in total. The average molecular weight is 325 g/mol. The highest BCUT2D eigenvalue weighted by atomic mass is 16.2. The van der Waals surface area contributed by atoms with E-state index in [-0.39, 0.29) is 24.2 Å². The van der Waals surface area contributed by atoms with Gasteiger partial charge in [-0.2, -0.15) is 0 Å². The van der Waals surface area contributed by atoms with Crippen molar-refractivity contribution in [2.45, 2.75) is 58.4 Å². The number of carbonyl (C=O) groups is 4. The monoisotopic (exact) mass is 325 g/mol. The highest BCUT2D eigenvalue weighted by molar-refractivity contribution is 6.38. The van der Waals surface area contributed by atoms with Crippen LogP contribution >= 0.6 is 0 Å². The summed E-state index contributed by atoms with van der Waals surface area (Å²) in [4.78, 5) is 47.7. The molecular weight excluding hydrogens is 298 g/mol. The summed E-state index contributed by atoms with van der Waals surface area (Å²) in [6.07, 6.45) is 3.79. The summed E-state index contributed by atoms with van der Waals surface area (Å²) in [5, 5.41) is 7.78. The van der Waals surface area contributed by atoms with Gasteiger partial charge in [-0.3, -0.25) is 19.2 Å². The van der Waals surface area contributed by atoms with Crippen molar-refractivity contribution in [3.63, 3.8) is 0 Å². The third-order valence-electron chi connectivity index (χ3n) is 3.90. The maximum absolute atomic E-state index is 12.2. The van der Waals surface area contributed by atoms with Gasteiger partial charge in [-0.05, 0) is 26.2 Å². The second kappa shape index (κ2) is 9.97. The largest absolute Gasteiger partial charge is 0.356 e. The fraction of sp³-hybridized carbons (Fsp3) is 0.750. The Bertz CT molecular complexity index is 451. The molecule has 0 saturated carbocycles. The van der Waals surface area contributed by atoms with Gasteiger partial charge in [0.05, 0.1) is 6.04 Å². The molecule has 0 aromatic heterocycles. The molecule has 1 aliphatic heterocycles. The summed E-state index contributed by atoms with van der Waals surface area (Å²) in [5.74, 6) is -2.12. The predicted octanol–water partition coefficient (Wildman–Crippen LogP) is 0.283. The van der Waals surface area contributed by atoms with Gasteiger partial charge < -0.3 is 16.0 Å². The second-order valence-electron chi connectivity index (χ2n) is 5.81. The summed E-state index contributed by atoms with van der Waals surface area (Å²) in [6, 6.07) is -0.940. The van der Waals surface area contributed by atoms with Crippen LogP contribution in [0.1, 0.15) is 52.4 Å². The lowest BCUT2D eigenvalue weighted by atomic mass is 9.95. The Hall–Kier alpha value is -1.92. The van der Waals surface area contributed by atoms with E-state index in [0.717, 1.165) is 19.3 Å². The third kappa shape index (κ3) is 6.38. The molecule has 2 atom stereocenters. The predicted molar refractivity (Wildman–Crippen MR) is 85.5 cm³/mol. The number of likely N-dealkylation sites (N-methyl/N-ethyl adjacent to an activating group) is 1. The minimum absolute atomic E-state index is 0.126. The van der Waals surface area contributed by atoms with Crippen LogP contribution in [0, 0.1) is 5.92 Å². The van der Waals surface area contributed by atoms with Gasteiger partial charge in [0.2, 0.25) is 17.6 Å². The molecule has 0 radical (unpaired) electrons. The van der Waals surface area contributed by atoms with Gasteiger partial charge in [-0.1, -0.05) is 19.8 Å². The first-order chi connectivity index (χ1) is 11.0. The van der Waals surface area contributed by atoms with E-state index in [1.807, 2.05) is 6.92 Å². The second-order valence-corrected chi connectivity index (χ2v) is 5.81. The molecule has 0 aromatic rings. The topological polar surface area (TPSA) is 104 Å². The van der Waals surface area contributed by atoms with Gasteiger partial charge in [0.1, 0.15) is 0 Å². The van der Waals surface area contributed by atoms with Crippen molar-refractivity contribution < 1.29 is 19.2 Å². The summed E-state index contributed by atoms with van der Waals surface area (Å²) >= 11 is 0. The van der Waals surface area contributed by atoms with Crippen LogP contribution in [0.2, 0.25) is 0 Å². The molecule has 3 N–H and O–H groups in total. The van der Waals surface area contributed by atoms with E-state index in [0.29, 0.717) is 25.9 Å². The first-order valence-electron chi connectivity index (χ1n) is 8.38. The van der Waals surface area contributed by atoms with Gasteiger partial charge in [-0.25, -0.2) is 0 Å². The van der Waals surface area contributed by atoms with Crippen molar-refractivity contribution in [2.75, 3.05) is 13.1 Å². The van der Waals surface area contributed by atoms with E-state index in [1.165, 1.54) is 0 Å². The number of amides is 3. The molecule has 0 unspecified atom stereocenters. The van der Waals surface area contributed by atoms with Crippen molar-refractivity contribution in [1.29, 1.82) is 0 Å². The smallest absolute Gasteiger partial charge is 0.289 e. The van der Waals surface area contributed by atoms with Gasteiger partial charge in [0.25, 0.3) is 5.91 Å². The average Bonchev–Trinajstić information content (AvgIpc) is 2.91. The minimum atomic E-state index is -0.940. The Labute approximate surface area is 137 Å². The zero-order valence-corrected chi connectivity index (χ0v) is 13.9. The van der Waals surface area contributed by atoms with Crippen LogP contribution in [0.15, 0.2) is 0 Å². The Kier molecular flexibility index (Phi) is 8.29. The lowest BCUT2D eigenvalue weighted by Gasteiger charge is -2.19. The first kappa shape index (κ1) is 19.1. The SMILES string of the molecule is CCCCCC(=O)N[C@@H](C[C@@H]1CCNC1=O)C(=O)C(=O)NCC. The van der Waals surface area contributed by atoms with Crippen molar-refractivity contribution in [1.82, 2.24) is 16.0 Å². The molecule has 0 aliphatic carbocycles. The quantitative estimate of drug-likeness (QED) is 0.396. The Balaban J connectivity index is 2.67. The molecule has 0 spiro atoms. The number of rotatable bonds is 10. The van der Waals surface area contributed by atoms with E-state index in [4.69, 9.17) is 0 Å². The van der Waals surface area contributed by atoms with Crippen LogP contribution in [-0.4, -0.2) is 42.6 Å². The summed E-state index contributed by atoms with van der Waals surface area (Å²) in [5.41, 5.74) is 0. The molecule has 130 valence electrons. The maximum atomic E-state index is 12.2. The molecule has 1 saturated heterocycles. The highest BCUT2D eigenvalue weighted by Gasteiger charge is 2.33. The maximum Gasteiger partial charge on any atom is 0.289 e. The molecule has 1 aliphatic rings. The molecule has 3 amide bonds. The van der Waals surface area contributed by atoms with Crippen molar-refractivity contribution in [2.24, 2.45) is 5.92 Å². The van der Waals surface area contributed by atoms with Crippen LogP contribution in [0.25, 0.3) is 0 Å².